The van der Waals surface area contributed by atoms with E-state index in [-0.39, 0.29) is 6.04 Å². The minimum atomic E-state index is 0.170. The number of nitrogens with one attached hydrogen (secondary N) is 1. The molecule has 5 rings (SSSR count). The number of carbonyl (C=O) groups excluding carboxylic acids is 1. The largest absolute Gasteiger partial charge is 0.357 e. The second kappa shape index (κ2) is 5.71. The third-order valence-electron chi connectivity index (χ3n) is 5.68. The topological polar surface area (TPSA) is 36.1 Å². The van der Waals surface area contributed by atoms with Crippen LogP contribution in [0, 0.1) is 0 Å². The first-order valence-electron chi connectivity index (χ1n) is 8.89. The molecule has 0 amide bonds. The first-order valence-corrected chi connectivity index (χ1v) is 8.89. The van der Waals surface area contributed by atoms with E-state index < -0.39 is 0 Å². The van der Waals surface area contributed by atoms with E-state index >= 15 is 0 Å². The predicted molar refractivity (Wildman–Crippen MR) is 99.3 cm³/mol. The number of hydrogen-bond donors (Lipinski definition) is 1. The Hall–Kier alpha value is -2.65. The molecule has 2 aliphatic heterocycles. The summed E-state index contributed by atoms with van der Waals surface area (Å²) in [5.41, 5.74) is 6.15. The van der Waals surface area contributed by atoms with Crippen molar-refractivity contribution in [1.82, 2.24) is 9.88 Å². The van der Waals surface area contributed by atoms with E-state index in [1.165, 1.54) is 27.7 Å². The van der Waals surface area contributed by atoms with Crippen molar-refractivity contribution in [2.75, 3.05) is 0 Å². The fourth-order valence-electron chi connectivity index (χ4n) is 4.51. The summed E-state index contributed by atoms with van der Waals surface area (Å²) in [6, 6.07) is 19.5. The van der Waals surface area contributed by atoms with Crippen LogP contribution >= 0.6 is 0 Å². The molecule has 0 unspecified atom stereocenters. The van der Waals surface area contributed by atoms with Gasteiger partial charge in [0.25, 0.3) is 0 Å². The fourth-order valence-corrected chi connectivity index (χ4v) is 4.51. The van der Waals surface area contributed by atoms with E-state index in [1.54, 1.807) is 0 Å². The van der Waals surface area contributed by atoms with Gasteiger partial charge < -0.3 is 4.98 Å². The van der Waals surface area contributed by atoms with Gasteiger partial charge in [-0.2, -0.15) is 0 Å². The van der Waals surface area contributed by atoms with E-state index in [1.807, 2.05) is 6.07 Å². The van der Waals surface area contributed by atoms with Gasteiger partial charge in [-0.15, -0.1) is 0 Å². The van der Waals surface area contributed by atoms with Crippen molar-refractivity contribution in [3.05, 3.63) is 83.1 Å². The van der Waals surface area contributed by atoms with Gasteiger partial charge in [0.2, 0.25) is 0 Å². The molecule has 3 heteroatoms. The molecule has 1 N–H and O–H groups in total. The lowest BCUT2D eigenvalue weighted by molar-refractivity contribution is -0.106. The van der Waals surface area contributed by atoms with Crippen molar-refractivity contribution in [2.24, 2.45) is 0 Å². The quantitative estimate of drug-likeness (QED) is 0.733. The number of rotatable bonds is 3. The van der Waals surface area contributed by atoms with Gasteiger partial charge >= 0.3 is 0 Å². The minimum Gasteiger partial charge on any atom is -0.357 e. The third kappa shape index (κ3) is 2.27. The third-order valence-corrected chi connectivity index (χ3v) is 5.68. The molecule has 2 bridgehead atoms. The van der Waals surface area contributed by atoms with Crippen molar-refractivity contribution < 1.29 is 4.79 Å². The molecule has 0 aliphatic carbocycles. The van der Waals surface area contributed by atoms with E-state index in [0.29, 0.717) is 6.04 Å². The number of aldehydes is 1. The average molecular weight is 328 g/mol. The Kier molecular flexibility index (Phi) is 3.35. The Morgan fingerprint density at radius 2 is 1.84 bits per heavy atom. The molecule has 2 atom stereocenters. The summed E-state index contributed by atoms with van der Waals surface area (Å²) in [6.45, 7) is 0.871. The number of aromatic nitrogens is 1. The summed E-state index contributed by atoms with van der Waals surface area (Å²) in [4.78, 5) is 17.8. The molecule has 0 radical (unpaired) electrons. The summed E-state index contributed by atoms with van der Waals surface area (Å²) >= 11 is 0. The standard InChI is InChI=1S/C22H20N2O/c25-14-16-10-11-20-22-18(17-8-4-5-9-19(17)23-22)12-21(16)24(20)13-15-6-2-1-3-7-15/h1-10,14,20-21,23H,11-13H2/t20-,21-/m0/s1. The van der Waals surface area contributed by atoms with Crippen LogP contribution in [-0.2, 0) is 17.8 Å². The van der Waals surface area contributed by atoms with Crippen molar-refractivity contribution in [3.63, 3.8) is 0 Å². The highest BCUT2D eigenvalue weighted by Crippen LogP contribution is 2.44. The van der Waals surface area contributed by atoms with Crippen molar-refractivity contribution >= 4 is 17.2 Å². The highest BCUT2D eigenvalue weighted by atomic mass is 16.1. The second-order valence-electron chi connectivity index (χ2n) is 7.01. The number of aromatic amines is 1. The Balaban J connectivity index is 1.62. The molecule has 0 saturated carbocycles. The maximum absolute atomic E-state index is 11.7. The molecule has 124 valence electrons. The maximum Gasteiger partial charge on any atom is 0.147 e. The van der Waals surface area contributed by atoms with Gasteiger partial charge in [0.15, 0.2) is 0 Å². The van der Waals surface area contributed by atoms with Crippen molar-refractivity contribution in [3.8, 4) is 0 Å². The Bertz CT molecular complexity index is 970. The first kappa shape index (κ1) is 14.7. The number of para-hydroxylation sites is 1. The summed E-state index contributed by atoms with van der Waals surface area (Å²) < 4.78 is 0. The van der Waals surface area contributed by atoms with Crippen LogP contribution in [0.3, 0.4) is 0 Å². The minimum absolute atomic E-state index is 0.170. The highest BCUT2D eigenvalue weighted by molar-refractivity contribution is 5.86. The zero-order chi connectivity index (χ0) is 16.8. The number of H-pyrrole nitrogens is 1. The zero-order valence-electron chi connectivity index (χ0n) is 14.0. The van der Waals surface area contributed by atoms with E-state index in [9.17, 15) is 4.79 Å². The highest BCUT2D eigenvalue weighted by Gasteiger charge is 2.40. The molecule has 3 nitrogen and oxygen atoms in total. The molecule has 1 aromatic heterocycles. The molecule has 2 aliphatic rings. The van der Waals surface area contributed by atoms with Crippen molar-refractivity contribution in [2.45, 2.75) is 31.5 Å². The molecule has 3 heterocycles. The Morgan fingerprint density at radius 1 is 1.04 bits per heavy atom. The SMILES string of the molecule is O=CC1=CC[C@H]2c3[nH]c4ccccc4c3C[C@@H]1N2Cc1ccccc1. The van der Waals surface area contributed by atoms with Gasteiger partial charge in [-0.25, -0.2) is 0 Å². The van der Waals surface area contributed by atoms with Gasteiger partial charge in [0.1, 0.15) is 6.29 Å². The van der Waals surface area contributed by atoms with Crippen molar-refractivity contribution in [1.29, 1.82) is 0 Å². The normalized spacial score (nSPS) is 22.5. The molecule has 2 aromatic carbocycles. The monoisotopic (exact) mass is 328 g/mol. The molecule has 25 heavy (non-hydrogen) atoms. The summed E-state index contributed by atoms with van der Waals surface area (Å²) in [5.74, 6) is 0. The van der Waals surface area contributed by atoms with Gasteiger partial charge in [-0.05, 0) is 30.0 Å². The fraction of sp³-hybridized carbons (Fsp3) is 0.227. The van der Waals surface area contributed by atoms with Crippen LogP contribution in [0.4, 0.5) is 0 Å². The molecular formula is C22H20N2O. The number of benzene rings is 2. The second-order valence-corrected chi connectivity index (χ2v) is 7.01. The molecular weight excluding hydrogens is 308 g/mol. The van der Waals surface area contributed by atoms with Crippen LogP contribution in [-0.4, -0.2) is 22.2 Å². The smallest absolute Gasteiger partial charge is 0.147 e. The van der Waals surface area contributed by atoms with Crippen LogP contribution in [0.2, 0.25) is 0 Å². The van der Waals surface area contributed by atoms with Crippen LogP contribution in [0.1, 0.15) is 29.3 Å². The lowest BCUT2D eigenvalue weighted by atomic mass is 9.82. The number of carbonyl (C=O) groups is 1. The number of hydrogen-bond acceptors (Lipinski definition) is 2. The molecule has 0 fully saturated rings. The van der Waals surface area contributed by atoms with E-state index in [2.05, 4.69) is 64.5 Å². The lowest BCUT2D eigenvalue weighted by Crippen LogP contribution is -2.46. The summed E-state index contributed by atoms with van der Waals surface area (Å²) in [7, 11) is 0. The molecule has 0 spiro atoms. The Morgan fingerprint density at radius 3 is 2.68 bits per heavy atom. The molecule has 3 aromatic rings. The van der Waals surface area contributed by atoms with Crippen LogP contribution < -0.4 is 0 Å². The van der Waals surface area contributed by atoms with Gasteiger partial charge in [-0.1, -0.05) is 54.6 Å². The maximum atomic E-state index is 11.7. The summed E-state index contributed by atoms with van der Waals surface area (Å²) in [6.07, 6.45) is 4.97. The van der Waals surface area contributed by atoms with Gasteiger partial charge in [0, 0.05) is 34.8 Å². The summed E-state index contributed by atoms with van der Waals surface area (Å²) in [5, 5.41) is 1.30. The number of nitrogens with zero attached hydrogens (tertiary/aromatic N) is 1. The first-order chi connectivity index (χ1) is 12.3. The van der Waals surface area contributed by atoms with Crippen LogP contribution in [0.5, 0.6) is 0 Å². The average Bonchev–Trinajstić information content (AvgIpc) is 3.01. The molecule has 0 saturated heterocycles. The van der Waals surface area contributed by atoms with Gasteiger partial charge in [0.05, 0.1) is 6.04 Å². The van der Waals surface area contributed by atoms with E-state index in [0.717, 1.165) is 31.2 Å². The zero-order valence-corrected chi connectivity index (χ0v) is 14.0. The van der Waals surface area contributed by atoms with Crippen LogP contribution in [0.25, 0.3) is 10.9 Å². The predicted octanol–water partition coefficient (Wildman–Crippen LogP) is 4.16. The Labute approximate surface area is 147 Å². The van der Waals surface area contributed by atoms with Gasteiger partial charge in [-0.3, -0.25) is 9.69 Å². The van der Waals surface area contributed by atoms with Crippen LogP contribution in [0.15, 0.2) is 66.2 Å². The lowest BCUT2D eigenvalue weighted by Gasteiger charge is -2.45. The number of fused-ring (bicyclic) bond motifs is 6. The van der Waals surface area contributed by atoms with E-state index in [4.69, 9.17) is 0 Å².